The van der Waals surface area contributed by atoms with E-state index in [0.717, 1.165) is 5.75 Å². The third-order valence-corrected chi connectivity index (χ3v) is 2.96. The molecule has 1 atom stereocenters. The van der Waals surface area contributed by atoms with Crippen LogP contribution in [0.25, 0.3) is 0 Å². The molecule has 0 aliphatic carbocycles. The van der Waals surface area contributed by atoms with Crippen LogP contribution in [0.4, 0.5) is 0 Å². The van der Waals surface area contributed by atoms with Crippen molar-refractivity contribution in [2.24, 2.45) is 5.73 Å². The summed E-state index contributed by atoms with van der Waals surface area (Å²) >= 11 is 1.74. The van der Waals surface area contributed by atoms with Gasteiger partial charge in [-0.25, -0.2) is 0 Å². The predicted molar refractivity (Wildman–Crippen MR) is 68.4 cm³/mol. The van der Waals surface area contributed by atoms with E-state index in [2.05, 4.69) is 17.4 Å². The van der Waals surface area contributed by atoms with Crippen LogP contribution in [0.3, 0.4) is 0 Å². The van der Waals surface area contributed by atoms with Gasteiger partial charge >= 0.3 is 0 Å². The fourth-order valence-electron chi connectivity index (χ4n) is 1.24. The van der Waals surface area contributed by atoms with Crippen LogP contribution >= 0.6 is 11.8 Å². The number of rotatable bonds is 6. The van der Waals surface area contributed by atoms with Crippen molar-refractivity contribution in [2.75, 3.05) is 12.3 Å². The number of hydrogen-bond donors (Lipinski definition) is 2. The van der Waals surface area contributed by atoms with E-state index in [1.807, 2.05) is 25.1 Å². The van der Waals surface area contributed by atoms with Crippen molar-refractivity contribution in [1.29, 1.82) is 0 Å². The molecule has 3 N–H and O–H groups in total. The summed E-state index contributed by atoms with van der Waals surface area (Å²) in [6.45, 7) is 2.52. The maximum Gasteiger partial charge on any atom is 0.221 e. The molecule has 0 heterocycles. The van der Waals surface area contributed by atoms with E-state index in [9.17, 15) is 4.79 Å². The smallest absolute Gasteiger partial charge is 0.221 e. The Morgan fingerprint density at radius 2 is 2.12 bits per heavy atom. The molecule has 0 bridgehead atoms. The molecule has 4 heteroatoms. The fourth-order valence-corrected chi connectivity index (χ4v) is 2.03. The van der Waals surface area contributed by atoms with E-state index in [1.165, 1.54) is 4.90 Å². The number of benzene rings is 1. The molecule has 0 spiro atoms. The maximum atomic E-state index is 11.3. The van der Waals surface area contributed by atoms with Gasteiger partial charge in [-0.3, -0.25) is 4.79 Å². The number of thioether (sulfide) groups is 1. The number of nitrogens with two attached hydrogens (primary N) is 1. The van der Waals surface area contributed by atoms with Gasteiger partial charge in [0, 0.05) is 29.7 Å². The fraction of sp³-hybridized carbons (Fsp3) is 0.417. The van der Waals surface area contributed by atoms with E-state index >= 15 is 0 Å². The second-order valence-electron chi connectivity index (χ2n) is 3.69. The molecule has 16 heavy (non-hydrogen) atoms. The molecule has 88 valence electrons. The first kappa shape index (κ1) is 13.1. The highest BCUT2D eigenvalue weighted by molar-refractivity contribution is 7.99. The molecular formula is C12H18N2OS. The normalized spacial score (nSPS) is 12.1. The van der Waals surface area contributed by atoms with Gasteiger partial charge in [0.2, 0.25) is 5.91 Å². The molecule has 1 unspecified atom stereocenters. The van der Waals surface area contributed by atoms with Gasteiger partial charge < -0.3 is 11.1 Å². The van der Waals surface area contributed by atoms with E-state index in [0.29, 0.717) is 13.0 Å². The summed E-state index contributed by atoms with van der Waals surface area (Å²) in [6, 6.07) is 10.1. The topological polar surface area (TPSA) is 55.1 Å². The molecule has 3 nitrogen and oxygen atoms in total. The van der Waals surface area contributed by atoms with Crippen LogP contribution in [0.5, 0.6) is 0 Å². The molecule has 0 radical (unpaired) electrons. The Labute approximate surface area is 101 Å². The van der Waals surface area contributed by atoms with Gasteiger partial charge in [-0.1, -0.05) is 18.2 Å². The molecule has 1 aromatic carbocycles. The van der Waals surface area contributed by atoms with E-state index < -0.39 is 0 Å². The van der Waals surface area contributed by atoms with Crippen molar-refractivity contribution in [3.8, 4) is 0 Å². The Morgan fingerprint density at radius 3 is 2.75 bits per heavy atom. The van der Waals surface area contributed by atoms with E-state index in [-0.39, 0.29) is 11.9 Å². The lowest BCUT2D eigenvalue weighted by Gasteiger charge is -2.06. The summed E-state index contributed by atoms with van der Waals surface area (Å²) in [7, 11) is 0. The van der Waals surface area contributed by atoms with Crippen LogP contribution in [0.1, 0.15) is 13.3 Å². The average Bonchev–Trinajstić information content (AvgIpc) is 2.25. The standard InChI is InChI=1S/C12H18N2OS/c1-10(13)9-12(15)14-7-8-16-11-5-3-2-4-6-11/h2-6,10H,7-9,13H2,1H3,(H,14,15). The quantitative estimate of drug-likeness (QED) is 0.585. The third kappa shape index (κ3) is 5.78. The summed E-state index contributed by atoms with van der Waals surface area (Å²) in [4.78, 5) is 12.5. The van der Waals surface area contributed by atoms with Crippen molar-refractivity contribution in [3.05, 3.63) is 30.3 Å². The molecule has 0 aliphatic rings. The zero-order chi connectivity index (χ0) is 11.8. The monoisotopic (exact) mass is 238 g/mol. The Balaban J connectivity index is 2.10. The first-order chi connectivity index (χ1) is 7.68. The van der Waals surface area contributed by atoms with Crippen molar-refractivity contribution in [1.82, 2.24) is 5.32 Å². The molecule has 0 fully saturated rings. The van der Waals surface area contributed by atoms with Crippen molar-refractivity contribution in [2.45, 2.75) is 24.3 Å². The van der Waals surface area contributed by atoms with Gasteiger partial charge in [0.05, 0.1) is 0 Å². The van der Waals surface area contributed by atoms with E-state index in [4.69, 9.17) is 5.73 Å². The van der Waals surface area contributed by atoms with Crippen molar-refractivity contribution in [3.63, 3.8) is 0 Å². The first-order valence-corrected chi connectivity index (χ1v) is 6.37. The van der Waals surface area contributed by atoms with Crippen LogP contribution in [0, 0.1) is 0 Å². The Bertz CT molecular complexity index is 314. The van der Waals surface area contributed by atoms with Crippen LogP contribution in [-0.2, 0) is 4.79 Å². The lowest BCUT2D eigenvalue weighted by atomic mass is 10.2. The summed E-state index contributed by atoms with van der Waals surface area (Å²) in [5, 5.41) is 2.84. The number of nitrogens with one attached hydrogen (secondary N) is 1. The Hall–Kier alpha value is -1.00. The number of hydrogen-bond acceptors (Lipinski definition) is 3. The molecule has 1 aromatic rings. The summed E-state index contributed by atoms with van der Waals surface area (Å²) in [5.74, 6) is 0.915. The van der Waals surface area contributed by atoms with Gasteiger partial charge in [-0.05, 0) is 19.1 Å². The van der Waals surface area contributed by atoms with Gasteiger partial charge in [-0.2, -0.15) is 0 Å². The molecule has 0 aliphatic heterocycles. The Morgan fingerprint density at radius 1 is 1.44 bits per heavy atom. The molecule has 0 saturated heterocycles. The molecule has 1 rings (SSSR count). The van der Waals surface area contributed by atoms with Crippen molar-refractivity contribution < 1.29 is 4.79 Å². The highest BCUT2D eigenvalue weighted by Crippen LogP contribution is 2.15. The number of carbonyl (C=O) groups is 1. The van der Waals surface area contributed by atoms with Gasteiger partial charge in [0.1, 0.15) is 0 Å². The minimum absolute atomic E-state index is 0.0312. The van der Waals surface area contributed by atoms with Crippen LogP contribution in [0.15, 0.2) is 35.2 Å². The molecular weight excluding hydrogens is 220 g/mol. The predicted octanol–water partition coefficient (Wildman–Crippen LogP) is 1.63. The lowest BCUT2D eigenvalue weighted by molar-refractivity contribution is -0.121. The summed E-state index contributed by atoms with van der Waals surface area (Å²) < 4.78 is 0. The molecule has 0 saturated carbocycles. The van der Waals surface area contributed by atoms with Gasteiger partial charge in [0.25, 0.3) is 0 Å². The van der Waals surface area contributed by atoms with Gasteiger partial charge in [0.15, 0.2) is 0 Å². The second-order valence-corrected chi connectivity index (χ2v) is 4.86. The maximum absolute atomic E-state index is 11.3. The van der Waals surface area contributed by atoms with E-state index in [1.54, 1.807) is 11.8 Å². The molecule has 0 aromatic heterocycles. The van der Waals surface area contributed by atoms with Crippen LogP contribution < -0.4 is 11.1 Å². The second kappa shape index (κ2) is 7.30. The summed E-state index contributed by atoms with van der Waals surface area (Å²) in [6.07, 6.45) is 0.399. The minimum Gasteiger partial charge on any atom is -0.355 e. The van der Waals surface area contributed by atoms with Crippen LogP contribution in [0.2, 0.25) is 0 Å². The zero-order valence-corrected chi connectivity index (χ0v) is 10.3. The number of amides is 1. The minimum atomic E-state index is -0.0678. The highest BCUT2D eigenvalue weighted by atomic mass is 32.2. The highest BCUT2D eigenvalue weighted by Gasteiger charge is 2.03. The first-order valence-electron chi connectivity index (χ1n) is 5.38. The molecule has 1 amide bonds. The van der Waals surface area contributed by atoms with Gasteiger partial charge in [-0.15, -0.1) is 11.8 Å². The third-order valence-electron chi connectivity index (χ3n) is 1.94. The average molecular weight is 238 g/mol. The number of carbonyl (C=O) groups excluding carboxylic acids is 1. The summed E-state index contributed by atoms with van der Waals surface area (Å²) in [5.41, 5.74) is 5.52. The zero-order valence-electron chi connectivity index (χ0n) is 9.48. The largest absolute Gasteiger partial charge is 0.355 e. The lowest BCUT2D eigenvalue weighted by Crippen LogP contribution is -2.31. The SMILES string of the molecule is CC(N)CC(=O)NCCSc1ccccc1. The van der Waals surface area contributed by atoms with Crippen LogP contribution in [-0.4, -0.2) is 24.2 Å². The Kier molecular flexibility index (Phi) is 5.96. The van der Waals surface area contributed by atoms with Crippen molar-refractivity contribution >= 4 is 17.7 Å².